The summed E-state index contributed by atoms with van der Waals surface area (Å²) in [5.74, 6) is 0. The van der Waals surface area contributed by atoms with E-state index in [9.17, 15) is 0 Å². The maximum absolute atomic E-state index is 6.30. The van der Waals surface area contributed by atoms with Gasteiger partial charge in [-0.2, -0.15) is 5.10 Å². The van der Waals surface area contributed by atoms with Crippen LogP contribution in [-0.4, -0.2) is 34.3 Å². The van der Waals surface area contributed by atoms with Crippen molar-refractivity contribution in [2.24, 2.45) is 11.1 Å². The lowest BCUT2D eigenvalue weighted by Crippen LogP contribution is -2.31. The zero-order chi connectivity index (χ0) is 17.3. The molecule has 1 fully saturated rings. The topological polar surface area (TPSA) is 47.1 Å². The summed E-state index contributed by atoms with van der Waals surface area (Å²) >= 11 is 6.30. The highest BCUT2D eigenvalue weighted by atomic mass is 35.5. The highest BCUT2D eigenvalue weighted by Gasteiger charge is 2.33. The summed E-state index contributed by atoms with van der Waals surface area (Å²) < 4.78 is 2.07. The van der Waals surface area contributed by atoms with Crippen LogP contribution in [0.1, 0.15) is 35.9 Å². The summed E-state index contributed by atoms with van der Waals surface area (Å²) in [6, 6.07) is 7.97. The van der Waals surface area contributed by atoms with Crippen molar-refractivity contribution in [3.05, 3.63) is 51.8 Å². The minimum atomic E-state index is 0.259. The van der Waals surface area contributed by atoms with Gasteiger partial charge in [0.15, 0.2) is 0 Å². The van der Waals surface area contributed by atoms with E-state index in [0.717, 1.165) is 42.5 Å². The smallest absolute Gasteiger partial charge is 0.0677 e. The molecule has 1 aliphatic heterocycles. The molecule has 24 heavy (non-hydrogen) atoms. The van der Waals surface area contributed by atoms with E-state index in [-0.39, 0.29) is 5.41 Å². The molecule has 130 valence electrons. The molecule has 1 aliphatic rings. The fraction of sp³-hybridized carbons (Fsp3) is 0.526. The van der Waals surface area contributed by atoms with E-state index in [4.69, 9.17) is 22.4 Å². The minimum absolute atomic E-state index is 0.259. The van der Waals surface area contributed by atoms with E-state index in [1.54, 1.807) is 0 Å². The standard InChI is InChI=1S/C19H27ClN4/c1-14-17(11-23-9-8-19(3,12-21)13-23)15(2)24(22-14)10-16-6-4-5-7-18(16)20/h4-7H,8-13,21H2,1-3H3. The molecule has 0 saturated carbocycles. The van der Waals surface area contributed by atoms with Crippen LogP contribution in [0.5, 0.6) is 0 Å². The van der Waals surface area contributed by atoms with Gasteiger partial charge in [0, 0.05) is 29.4 Å². The quantitative estimate of drug-likeness (QED) is 0.902. The molecule has 1 aromatic carbocycles. The number of halogens is 1. The van der Waals surface area contributed by atoms with Crippen LogP contribution in [0, 0.1) is 19.3 Å². The molecule has 0 spiro atoms. The van der Waals surface area contributed by atoms with Crippen molar-refractivity contribution in [1.82, 2.24) is 14.7 Å². The van der Waals surface area contributed by atoms with Gasteiger partial charge in [0.25, 0.3) is 0 Å². The summed E-state index contributed by atoms with van der Waals surface area (Å²) in [6.07, 6.45) is 1.18. The molecule has 1 atom stereocenters. The first-order valence-corrected chi connectivity index (χ1v) is 8.98. The number of aromatic nitrogens is 2. The first-order chi connectivity index (χ1) is 11.4. The van der Waals surface area contributed by atoms with E-state index in [1.165, 1.54) is 17.7 Å². The Bertz CT molecular complexity index is 724. The molecule has 0 aliphatic carbocycles. The van der Waals surface area contributed by atoms with E-state index < -0.39 is 0 Å². The maximum Gasteiger partial charge on any atom is 0.0677 e. The summed E-state index contributed by atoms with van der Waals surface area (Å²) in [4.78, 5) is 2.50. The fourth-order valence-corrected chi connectivity index (χ4v) is 3.75. The molecular formula is C19H27ClN4. The van der Waals surface area contributed by atoms with Crippen LogP contribution in [0.4, 0.5) is 0 Å². The highest BCUT2D eigenvalue weighted by molar-refractivity contribution is 6.31. The maximum atomic E-state index is 6.30. The first-order valence-electron chi connectivity index (χ1n) is 8.60. The van der Waals surface area contributed by atoms with Gasteiger partial charge < -0.3 is 5.73 Å². The van der Waals surface area contributed by atoms with Gasteiger partial charge in [-0.3, -0.25) is 9.58 Å². The van der Waals surface area contributed by atoms with Crippen molar-refractivity contribution in [3.8, 4) is 0 Å². The number of nitrogens with zero attached hydrogens (tertiary/aromatic N) is 3. The van der Waals surface area contributed by atoms with Gasteiger partial charge in [0.05, 0.1) is 12.2 Å². The van der Waals surface area contributed by atoms with Crippen LogP contribution >= 0.6 is 11.6 Å². The van der Waals surface area contributed by atoms with Crippen molar-refractivity contribution in [3.63, 3.8) is 0 Å². The molecule has 1 unspecified atom stereocenters. The Balaban J connectivity index is 1.76. The van der Waals surface area contributed by atoms with Crippen LogP contribution in [0.2, 0.25) is 5.02 Å². The Morgan fingerprint density at radius 1 is 1.25 bits per heavy atom. The van der Waals surface area contributed by atoms with Crippen molar-refractivity contribution in [1.29, 1.82) is 0 Å². The number of hydrogen-bond donors (Lipinski definition) is 1. The van der Waals surface area contributed by atoms with Crippen LogP contribution in [0.25, 0.3) is 0 Å². The van der Waals surface area contributed by atoms with E-state index in [2.05, 4.69) is 36.4 Å². The third kappa shape index (κ3) is 3.51. The lowest BCUT2D eigenvalue weighted by atomic mass is 9.90. The minimum Gasteiger partial charge on any atom is -0.330 e. The van der Waals surface area contributed by atoms with E-state index in [1.807, 2.05) is 18.2 Å². The molecule has 2 heterocycles. The van der Waals surface area contributed by atoms with Gasteiger partial charge in [0.2, 0.25) is 0 Å². The zero-order valence-electron chi connectivity index (χ0n) is 14.8. The van der Waals surface area contributed by atoms with Crippen LogP contribution < -0.4 is 5.73 Å². The Kier molecular flexibility index (Phi) is 5.00. The first kappa shape index (κ1) is 17.5. The number of benzene rings is 1. The molecule has 2 aromatic rings. The number of nitrogens with two attached hydrogens (primary N) is 1. The number of likely N-dealkylation sites (tertiary alicyclic amines) is 1. The van der Waals surface area contributed by atoms with Gasteiger partial charge in [-0.1, -0.05) is 36.7 Å². The number of rotatable bonds is 5. The van der Waals surface area contributed by atoms with Crippen molar-refractivity contribution in [2.45, 2.75) is 40.3 Å². The van der Waals surface area contributed by atoms with Gasteiger partial charge >= 0.3 is 0 Å². The molecule has 1 saturated heterocycles. The fourth-order valence-electron chi connectivity index (χ4n) is 3.56. The molecule has 0 amide bonds. The Labute approximate surface area is 149 Å². The number of hydrogen-bond acceptors (Lipinski definition) is 3. The van der Waals surface area contributed by atoms with Crippen molar-refractivity contribution in [2.75, 3.05) is 19.6 Å². The summed E-state index contributed by atoms with van der Waals surface area (Å²) in [5.41, 5.74) is 11.0. The predicted octanol–water partition coefficient (Wildman–Crippen LogP) is 3.37. The Hall–Kier alpha value is -1.36. The molecule has 0 radical (unpaired) electrons. The molecule has 2 N–H and O–H groups in total. The second-order valence-corrected chi connectivity index (χ2v) is 7.78. The second kappa shape index (κ2) is 6.87. The summed E-state index contributed by atoms with van der Waals surface area (Å²) in [6.45, 7) is 11.2. The highest BCUT2D eigenvalue weighted by Crippen LogP contribution is 2.30. The van der Waals surface area contributed by atoms with Gasteiger partial charge in [-0.05, 0) is 50.4 Å². The van der Waals surface area contributed by atoms with Crippen molar-refractivity contribution < 1.29 is 0 Å². The van der Waals surface area contributed by atoms with Crippen LogP contribution in [0.15, 0.2) is 24.3 Å². The average molecular weight is 347 g/mol. The van der Waals surface area contributed by atoms with E-state index in [0.29, 0.717) is 6.54 Å². The summed E-state index contributed by atoms with van der Waals surface area (Å²) in [5, 5.41) is 5.55. The molecular weight excluding hydrogens is 320 g/mol. The third-order valence-corrected chi connectivity index (χ3v) is 5.69. The lowest BCUT2D eigenvalue weighted by Gasteiger charge is -2.22. The van der Waals surface area contributed by atoms with Crippen LogP contribution in [-0.2, 0) is 13.1 Å². The average Bonchev–Trinajstić information content (AvgIpc) is 3.06. The molecule has 0 bridgehead atoms. The lowest BCUT2D eigenvalue weighted by molar-refractivity contribution is 0.273. The predicted molar refractivity (Wildman–Crippen MR) is 99.3 cm³/mol. The van der Waals surface area contributed by atoms with Gasteiger partial charge in [0.1, 0.15) is 0 Å². The van der Waals surface area contributed by atoms with E-state index >= 15 is 0 Å². The molecule has 5 heteroatoms. The zero-order valence-corrected chi connectivity index (χ0v) is 15.6. The SMILES string of the molecule is Cc1nn(Cc2ccccc2Cl)c(C)c1CN1CCC(C)(CN)C1. The normalized spacial score (nSPS) is 21.5. The monoisotopic (exact) mass is 346 g/mol. The Morgan fingerprint density at radius 3 is 2.67 bits per heavy atom. The number of aryl methyl sites for hydroxylation is 1. The molecule has 4 nitrogen and oxygen atoms in total. The van der Waals surface area contributed by atoms with Gasteiger partial charge in [-0.15, -0.1) is 0 Å². The third-order valence-electron chi connectivity index (χ3n) is 5.32. The van der Waals surface area contributed by atoms with Crippen LogP contribution in [0.3, 0.4) is 0 Å². The molecule has 3 rings (SSSR count). The van der Waals surface area contributed by atoms with Crippen molar-refractivity contribution >= 4 is 11.6 Å². The summed E-state index contributed by atoms with van der Waals surface area (Å²) in [7, 11) is 0. The second-order valence-electron chi connectivity index (χ2n) is 7.37. The van der Waals surface area contributed by atoms with Gasteiger partial charge in [-0.25, -0.2) is 0 Å². The Morgan fingerprint density at radius 2 is 2.00 bits per heavy atom. The molecule has 1 aromatic heterocycles. The largest absolute Gasteiger partial charge is 0.330 e.